The maximum atomic E-state index is 11.8. The molecule has 112 valence electrons. The average molecular weight is 292 g/mol. The molecule has 6 nitrogen and oxygen atoms in total. The van der Waals surface area contributed by atoms with Crippen LogP contribution in [0.15, 0.2) is 36.9 Å². The molecule has 1 unspecified atom stereocenters. The minimum atomic E-state index is -1.20. The largest absolute Gasteiger partial charge is 0.478 e. The molecule has 1 N–H and O–H groups in total. The lowest BCUT2D eigenvalue weighted by Crippen LogP contribution is -2.18. The topological polar surface area (TPSA) is 89.9 Å². The second-order valence-corrected chi connectivity index (χ2v) is 4.23. The number of ether oxygens (including phenoxy) is 2. The molecule has 1 atom stereocenters. The molecule has 1 rings (SSSR count). The van der Waals surface area contributed by atoms with E-state index < -0.39 is 24.0 Å². The molecule has 21 heavy (non-hydrogen) atoms. The predicted octanol–water partition coefficient (Wildman–Crippen LogP) is 2.05. The van der Waals surface area contributed by atoms with Gasteiger partial charge in [-0.2, -0.15) is 0 Å². The van der Waals surface area contributed by atoms with Gasteiger partial charge in [-0.15, -0.1) is 0 Å². The Hall–Kier alpha value is -2.63. The number of carbonyl (C=O) groups excluding carboxylic acids is 2. The minimum absolute atomic E-state index is 0.0123. The fraction of sp³-hybridized carbons (Fsp3) is 0.267. The van der Waals surface area contributed by atoms with Crippen LogP contribution in [0.1, 0.15) is 34.1 Å². The summed E-state index contributed by atoms with van der Waals surface area (Å²) in [6.07, 6.45) is 0.921. The fourth-order valence-electron chi connectivity index (χ4n) is 1.55. The first-order valence-electron chi connectivity index (χ1n) is 6.28. The summed E-state index contributed by atoms with van der Waals surface area (Å²) in [4.78, 5) is 33.8. The van der Waals surface area contributed by atoms with Crippen LogP contribution in [0, 0.1) is 0 Å². The standard InChI is InChI=1S/C15H16O6/c1-3-13(16)21-10(2)8-9-20-15(19)12-7-5-4-6-11(12)14(17)18/h3-7,10H,1,8-9H2,2H3,(H,17,18). The van der Waals surface area contributed by atoms with Gasteiger partial charge in [-0.25, -0.2) is 14.4 Å². The summed E-state index contributed by atoms with van der Waals surface area (Å²) in [5.41, 5.74) is -0.130. The maximum absolute atomic E-state index is 11.8. The van der Waals surface area contributed by atoms with E-state index in [-0.39, 0.29) is 17.7 Å². The lowest BCUT2D eigenvalue weighted by molar-refractivity contribution is -0.142. The molecular weight excluding hydrogens is 276 g/mol. The summed E-state index contributed by atoms with van der Waals surface area (Å²) in [6, 6.07) is 5.79. The summed E-state index contributed by atoms with van der Waals surface area (Å²) in [5.74, 6) is -2.48. The van der Waals surface area contributed by atoms with Crippen LogP contribution in [-0.4, -0.2) is 35.7 Å². The van der Waals surface area contributed by atoms with Crippen LogP contribution in [0.2, 0.25) is 0 Å². The van der Waals surface area contributed by atoms with Crippen LogP contribution in [0.3, 0.4) is 0 Å². The second kappa shape index (κ2) is 7.84. The van der Waals surface area contributed by atoms with Crippen molar-refractivity contribution in [2.24, 2.45) is 0 Å². The summed E-state index contributed by atoms with van der Waals surface area (Å²) in [7, 11) is 0. The zero-order valence-corrected chi connectivity index (χ0v) is 11.6. The Morgan fingerprint density at radius 3 is 2.48 bits per heavy atom. The van der Waals surface area contributed by atoms with Crippen molar-refractivity contribution in [3.8, 4) is 0 Å². The smallest absolute Gasteiger partial charge is 0.339 e. The zero-order chi connectivity index (χ0) is 15.8. The zero-order valence-electron chi connectivity index (χ0n) is 11.6. The Labute approximate surface area is 122 Å². The number of rotatable bonds is 7. The van der Waals surface area contributed by atoms with Crippen LogP contribution in [0.25, 0.3) is 0 Å². The van der Waals surface area contributed by atoms with Crippen LogP contribution >= 0.6 is 0 Å². The Morgan fingerprint density at radius 2 is 1.90 bits per heavy atom. The van der Waals surface area contributed by atoms with E-state index in [0.29, 0.717) is 6.42 Å². The average Bonchev–Trinajstić information content (AvgIpc) is 2.46. The quantitative estimate of drug-likeness (QED) is 0.611. The third-order valence-electron chi connectivity index (χ3n) is 2.62. The van der Waals surface area contributed by atoms with Gasteiger partial charge in [-0.05, 0) is 19.1 Å². The van der Waals surface area contributed by atoms with Crippen molar-refractivity contribution in [3.05, 3.63) is 48.0 Å². The number of aromatic carboxylic acids is 1. The molecule has 0 aromatic heterocycles. The Balaban J connectivity index is 2.53. The van der Waals surface area contributed by atoms with Gasteiger partial charge in [0, 0.05) is 12.5 Å². The van der Waals surface area contributed by atoms with Gasteiger partial charge in [-0.3, -0.25) is 0 Å². The van der Waals surface area contributed by atoms with Gasteiger partial charge in [0.1, 0.15) is 6.10 Å². The van der Waals surface area contributed by atoms with E-state index in [4.69, 9.17) is 14.6 Å². The number of hydrogen-bond acceptors (Lipinski definition) is 5. The van der Waals surface area contributed by atoms with Crippen molar-refractivity contribution in [1.82, 2.24) is 0 Å². The molecule has 0 aliphatic rings. The van der Waals surface area contributed by atoms with Gasteiger partial charge in [-0.1, -0.05) is 18.7 Å². The lowest BCUT2D eigenvalue weighted by Gasteiger charge is -2.12. The van der Waals surface area contributed by atoms with Crippen LogP contribution in [0.5, 0.6) is 0 Å². The summed E-state index contributed by atoms with van der Waals surface area (Å²) >= 11 is 0. The molecular formula is C15H16O6. The van der Waals surface area contributed by atoms with E-state index in [9.17, 15) is 14.4 Å². The Bertz CT molecular complexity index is 549. The molecule has 0 heterocycles. The third kappa shape index (κ3) is 5.10. The molecule has 0 amide bonds. The first-order chi connectivity index (χ1) is 9.95. The van der Waals surface area contributed by atoms with E-state index in [1.807, 2.05) is 0 Å². The molecule has 1 aromatic rings. The highest BCUT2D eigenvalue weighted by Crippen LogP contribution is 2.11. The summed E-state index contributed by atoms with van der Waals surface area (Å²) < 4.78 is 9.89. The van der Waals surface area contributed by atoms with Crippen molar-refractivity contribution in [2.45, 2.75) is 19.4 Å². The molecule has 0 saturated carbocycles. The van der Waals surface area contributed by atoms with Crippen molar-refractivity contribution in [3.63, 3.8) is 0 Å². The van der Waals surface area contributed by atoms with Gasteiger partial charge in [0.25, 0.3) is 0 Å². The summed E-state index contributed by atoms with van der Waals surface area (Å²) in [5, 5.41) is 8.98. The minimum Gasteiger partial charge on any atom is -0.478 e. The van der Waals surface area contributed by atoms with Crippen LogP contribution < -0.4 is 0 Å². The van der Waals surface area contributed by atoms with Gasteiger partial charge in [0.2, 0.25) is 0 Å². The van der Waals surface area contributed by atoms with Crippen LogP contribution in [-0.2, 0) is 14.3 Å². The molecule has 6 heteroatoms. The summed E-state index contributed by atoms with van der Waals surface area (Å²) in [6.45, 7) is 4.94. The number of benzene rings is 1. The number of carboxylic acids is 1. The first-order valence-corrected chi connectivity index (χ1v) is 6.28. The molecule has 0 aliphatic heterocycles. The maximum Gasteiger partial charge on any atom is 0.339 e. The number of carbonyl (C=O) groups is 3. The van der Waals surface area contributed by atoms with E-state index in [0.717, 1.165) is 6.08 Å². The second-order valence-electron chi connectivity index (χ2n) is 4.23. The van der Waals surface area contributed by atoms with Gasteiger partial charge in [0.15, 0.2) is 0 Å². The van der Waals surface area contributed by atoms with Crippen molar-refractivity contribution >= 4 is 17.9 Å². The van der Waals surface area contributed by atoms with Crippen molar-refractivity contribution in [2.75, 3.05) is 6.61 Å². The number of carboxylic acid groups (broad SMARTS) is 1. The highest BCUT2D eigenvalue weighted by molar-refractivity contribution is 6.02. The van der Waals surface area contributed by atoms with Gasteiger partial charge < -0.3 is 14.6 Å². The lowest BCUT2D eigenvalue weighted by atomic mass is 10.1. The predicted molar refractivity (Wildman–Crippen MR) is 74.1 cm³/mol. The van der Waals surface area contributed by atoms with Gasteiger partial charge >= 0.3 is 17.9 Å². The van der Waals surface area contributed by atoms with E-state index in [2.05, 4.69) is 6.58 Å². The van der Waals surface area contributed by atoms with Gasteiger partial charge in [0.05, 0.1) is 17.7 Å². The Kier molecular flexibility index (Phi) is 6.13. The van der Waals surface area contributed by atoms with Crippen molar-refractivity contribution in [1.29, 1.82) is 0 Å². The number of esters is 2. The monoisotopic (exact) mass is 292 g/mol. The molecule has 1 aromatic carbocycles. The SMILES string of the molecule is C=CC(=O)OC(C)CCOC(=O)c1ccccc1C(=O)O. The fourth-order valence-corrected chi connectivity index (χ4v) is 1.55. The molecule has 0 radical (unpaired) electrons. The Morgan fingerprint density at radius 1 is 1.29 bits per heavy atom. The molecule has 0 saturated heterocycles. The molecule has 0 aliphatic carbocycles. The van der Waals surface area contributed by atoms with Crippen molar-refractivity contribution < 1.29 is 29.0 Å². The molecule has 0 fully saturated rings. The highest BCUT2D eigenvalue weighted by Gasteiger charge is 2.17. The molecule has 0 spiro atoms. The third-order valence-corrected chi connectivity index (χ3v) is 2.62. The van der Waals surface area contributed by atoms with E-state index in [1.54, 1.807) is 13.0 Å². The highest BCUT2D eigenvalue weighted by atomic mass is 16.6. The normalized spacial score (nSPS) is 11.3. The van der Waals surface area contributed by atoms with E-state index >= 15 is 0 Å². The van der Waals surface area contributed by atoms with E-state index in [1.165, 1.54) is 18.2 Å². The van der Waals surface area contributed by atoms with Crippen LogP contribution in [0.4, 0.5) is 0 Å². The molecule has 0 bridgehead atoms. The number of hydrogen-bond donors (Lipinski definition) is 1. The first kappa shape index (κ1) is 16.4.